The highest BCUT2D eigenvalue weighted by Gasteiger charge is 2.13. The zero-order chi connectivity index (χ0) is 11.0. The normalized spacial score (nSPS) is 15.2. The maximum Gasteiger partial charge on any atom is 0.170 e. The summed E-state index contributed by atoms with van der Waals surface area (Å²) in [5.74, 6) is 1.01. The smallest absolute Gasteiger partial charge is 0.170 e. The van der Waals surface area contributed by atoms with E-state index in [1.54, 1.807) is 0 Å². The Bertz CT molecular complexity index is 556. The van der Waals surface area contributed by atoms with E-state index in [0.717, 1.165) is 47.6 Å². The number of hydrogen-bond donors (Lipinski definition) is 1. The Hall–Kier alpha value is -1.84. The summed E-state index contributed by atoms with van der Waals surface area (Å²) < 4.78 is 5.36. The second-order valence-corrected chi connectivity index (χ2v) is 4.01. The Morgan fingerprint density at radius 3 is 3.19 bits per heavy atom. The van der Waals surface area contributed by atoms with Gasteiger partial charge in [-0.1, -0.05) is 17.3 Å². The molecule has 1 aliphatic rings. The number of amidine groups is 1. The van der Waals surface area contributed by atoms with E-state index in [9.17, 15) is 0 Å². The van der Waals surface area contributed by atoms with Crippen LogP contribution in [0.4, 0.5) is 0 Å². The Kier molecular flexibility index (Phi) is 2.13. The van der Waals surface area contributed by atoms with Crippen molar-refractivity contribution in [3.8, 4) is 0 Å². The zero-order valence-corrected chi connectivity index (χ0v) is 9.16. The molecule has 0 fully saturated rings. The first-order valence-corrected chi connectivity index (χ1v) is 5.45. The van der Waals surface area contributed by atoms with E-state index in [-0.39, 0.29) is 0 Å². The van der Waals surface area contributed by atoms with Crippen molar-refractivity contribution in [2.24, 2.45) is 4.99 Å². The molecule has 3 rings (SSSR count). The van der Waals surface area contributed by atoms with Crippen LogP contribution in [0.1, 0.15) is 11.3 Å². The lowest BCUT2D eigenvalue weighted by Crippen LogP contribution is -2.20. The van der Waals surface area contributed by atoms with Crippen LogP contribution in [0.5, 0.6) is 0 Å². The maximum absolute atomic E-state index is 5.36. The molecule has 1 aromatic carbocycles. The predicted octanol–water partition coefficient (Wildman–Crippen LogP) is 1.68. The van der Waals surface area contributed by atoms with Crippen LogP contribution in [0.3, 0.4) is 0 Å². The molecule has 4 nitrogen and oxygen atoms in total. The average molecular weight is 215 g/mol. The van der Waals surface area contributed by atoms with Crippen molar-refractivity contribution in [3.63, 3.8) is 0 Å². The second-order valence-electron chi connectivity index (χ2n) is 4.01. The maximum atomic E-state index is 5.36. The van der Waals surface area contributed by atoms with Gasteiger partial charge in [-0.2, -0.15) is 0 Å². The van der Waals surface area contributed by atoms with Crippen molar-refractivity contribution in [2.75, 3.05) is 13.1 Å². The fourth-order valence-electron chi connectivity index (χ4n) is 2.00. The van der Waals surface area contributed by atoms with Crippen LogP contribution >= 0.6 is 0 Å². The second kappa shape index (κ2) is 3.63. The molecular formula is C12H13N3O. The lowest BCUT2D eigenvalue weighted by atomic mass is 10.1. The van der Waals surface area contributed by atoms with E-state index in [4.69, 9.17) is 4.52 Å². The highest BCUT2D eigenvalue weighted by Crippen LogP contribution is 2.22. The van der Waals surface area contributed by atoms with E-state index < -0.39 is 0 Å². The summed E-state index contributed by atoms with van der Waals surface area (Å²) in [5.41, 5.74) is 2.97. The van der Waals surface area contributed by atoms with Crippen LogP contribution in [-0.4, -0.2) is 24.1 Å². The molecule has 1 aliphatic heterocycles. The van der Waals surface area contributed by atoms with Crippen LogP contribution in [0.25, 0.3) is 11.0 Å². The zero-order valence-electron chi connectivity index (χ0n) is 9.16. The lowest BCUT2D eigenvalue weighted by molar-refractivity contribution is 0.447. The molecule has 2 aromatic rings. The summed E-state index contributed by atoms with van der Waals surface area (Å²) in [6.45, 7) is 3.83. The molecule has 0 amide bonds. The van der Waals surface area contributed by atoms with Crippen molar-refractivity contribution < 1.29 is 4.52 Å². The molecule has 0 aliphatic carbocycles. The van der Waals surface area contributed by atoms with Crippen molar-refractivity contribution in [1.29, 1.82) is 0 Å². The fraction of sp³-hybridized carbons (Fsp3) is 0.333. The molecule has 0 spiro atoms. The summed E-state index contributed by atoms with van der Waals surface area (Å²) in [4.78, 5) is 4.36. The topological polar surface area (TPSA) is 50.4 Å². The van der Waals surface area contributed by atoms with Gasteiger partial charge >= 0.3 is 0 Å². The summed E-state index contributed by atoms with van der Waals surface area (Å²) in [7, 11) is 0. The van der Waals surface area contributed by atoms with E-state index in [2.05, 4.69) is 15.5 Å². The van der Waals surface area contributed by atoms with Crippen LogP contribution in [0.15, 0.2) is 27.7 Å². The van der Waals surface area contributed by atoms with E-state index in [0.29, 0.717) is 0 Å². The number of para-hydroxylation sites is 1. The summed E-state index contributed by atoms with van der Waals surface area (Å²) in [6, 6.07) is 6.11. The Labute approximate surface area is 93.3 Å². The van der Waals surface area contributed by atoms with Gasteiger partial charge in [0, 0.05) is 11.9 Å². The molecule has 1 N–H and O–H groups in total. The highest BCUT2D eigenvalue weighted by molar-refractivity contribution is 5.90. The summed E-state index contributed by atoms with van der Waals surface area (Å²) in [6.07, 6.45) is 0.733. The minimum Gasteiger partial charge on any atom is -0.372 e. The largest absolute Gasteiger partial charge is 0.372 e. The first-order valence-electron chi connectivity index (χ1n) is 5.45. The quantitative estimate of drug-likeness (QED) is 0.829. The van der Waals surface area contributed by atoms with E-state index in [1.807, 2.05) is 25.1 Å². The van der Waals surface area contributed by atoms with Gasteiger partial charge in [0.1, 0.15) is 5.84 Å². The van der Waals surface area contributed by atoms with Gasteiger partial charge < -0.3 is 9.84 Å². The molecule has 4 heteroatoms. The van der Waals surface area contributed by atoms with Crippen LogP contribution in [0, 0.1) is 6.92 Å². The predicted molar refractivity (Wildman–Crippen MR) is 62.8 cm³/mol. The number of fused-ring (bicyclic) bond motifs is 1. The lowest BCUT2D eigenvalue weighted by Gasteiger charge is -1.98. The third kappa shape index (κ3) is 1.46. The molecule has 0 unspecified atom stereocenters. The third-order valence-electron chi connectivity index (χ3n) is 2.85. The minimum atomic E-state index is 0.733. The number of aromatic nitrogens is 1. The molecule has 0 saturated heterocycles. The molecule has 2 heterocycles. The van der Waals surface area contributed by atoms with Crippen LogP contribution in [0.2, 0.25) is 0 Å². The molecule has 0 radical (unpaired) electrons. The summed E-state index contributed by atoms with van der Waals surface area (Å²) >= 11 is 0. The number of hydrogen-bond acceptors (Lipinski definition) is 4. The Balaban J connectivity index is 2.01. The molecular weight excluding hydrogens is 202 g/mol. The van der Waals surface area contributed by atoms with Gasteiger partial charge in [-0.15, -0.1) is 0 Å². The molecule has 0 bridgehead atoms. The Morgan fingerprint density at radius 2 is 2.38 bits per heavy atom. The minimum absolute atomic E-state index is 0.733. The van der Waals surface area contributed by atoms with Gasteiger partial charge in [-0.05, 0) is 18.6 Å². The third-order valence-corrected chi connectivity index (χ3v) is 2.85. The standard InChI is InChI=1S/C12H13N3O/c1-8-3-2-4-9-10(15-16-12(8)9)7-11-13-5-6-14-11/h2-4H,5-7H2,1H3,(H,13,14). The van der Waals surface area contributed by atoms with Crippen molar-refractivity contribution in [1.82, 2.24) is 10.5 Å². The van der Waals surface area contributed by atoms with E-state index >= 15 is 0 Å². The van der Waals surface area contributed by atoms with E-state index in [1.165, 1.54) is 0 Å². The van der Waals surface area contributed by atoms with Crippen molar-refractivity contribution in [2.45, 2.75) is 13.3 Å². The van der Waals surface area contributed by atoms with Gasteiger partial charge in [0.15, 0.2) is 5.58 Å². The number of benzene rings is 1. The van der Waals surface area contributed by atoms with Crippen molar-refractivity contribution in [3.05, 3.63) is 29.5 Å². The number of nitrogens with one attached hydrogen (secondary N) is 1. The van der Waals surface area contributed by atoms with Gasteiger partial charge in [0.05, 0.1) is 18.7 Å². The number of rotatable bonds is 2. The fourth-order valence-corrected chi connectivity index (χ4v) is 2.00. The molecule has 1 aromatic heterocycles. The summed E-state index contributed by atoms with van der Waals surface area (Å²) in [5, 5.41) is 8.46. The molecule has 82 valence electrons. The Morgan fingerprint density at radius 1 is 1.44 bits per heavy atom. The van der Waals surface area contributed by atoms with Crippen LogP contribution in [-0.2, 0) is 6.42 Å². The molecule has 16 heavy (non-hydrogen) atoms. The van der Waals surface area contributed by atoms with Crippen LogP contribution < -0.4 is 5.32 Å². The van der Waals surface area contributed by atoms with Crippen molar-refractivity contribution >= 4 is 16.8 Å². The van der Waals surface area contributed by atoms with Gasteiger partial charge in [-0.3, -0.25) is 4.99 Å². The number of nitrogens with zero attached hydrogens (tertiary/aromatic N) is 2. The monoisotopic (exact) mass is 215 g/mol. The molecule has 0 atom stereocenters. The first kappa shape index (κ1) is 9.39. The van der Waals surface area contributed by atoms with Gasteiger partial charge in [0.2, 0.25) is 0 Å². The van der Waals surface area contributed by atoms with Gasteiger partial charge in [0.25, 0.3) is 0 Å². The molecule has 0 saturated carbocycles. The SMILES string of the molecule is Cc1cccc2c(CC3=NCCN3)noc12. The number of aliphatic imine (C=N–C) groups is 1. The van der Waals surface area contributed by atoms with Gasteiger partial charge in [-0.25, -0.2) is 0 Å². The number of aryl methyl sites for hydroxylation is 1. The highest BCUT2D eigenvalue weighted by atomic mass is 16.5. The first-order chi connectivity index (χ1) is 7.84. The average Bonchev–Trinajstić information content (AvgIpc) is 2.90.